The van der Waals surface area contributed by atoms with Gasteiger partial charge >= 0.3 is 0 Å². The van der Waals surface area contributed by atoms with Gasteiger partial charge in [-0.25, -0.2) is 0 Å². The van der Waals surface area contributed by atoms with Crippen molar-refractivity contribution in [1.29, 1.82) is 0 Å². The Morgan fingerprint density at radius 3 is 2.00 bits per heavy atom. The monoisotopic (exact) mass is 474 g/mol. The molecule has 3 aromatic rings. The number of fused-ring (bicyclic) bond motifs is 3. The molecule has 2 aliphatic heterocycles. The molecule has 0 spiro atoms. The third-order valence-corrected chi connectivity index (χ3v) is 8.06. The summed E-state index contributed by atoms with van der Waals surface area (Å²) in [5, 5.41) is 0. The quantitative estimate of drug-likeness (QED) is 0.340. The van der Waals surface area contributed by atoms with E-state index in [9.17, 15) is 4.79 Å². The summed E-state index contributed by atoms with van der Waals surface area (Å²) in [5.41, 5.74) is 11.0. The summed E-state index contributed by atoms with van der Waals surface area (Å²) in [6.45, 7) is 4.78. The van der Waals surface area contributed by atoms with Gasteiger partial charge in [0, 0.05) is 32.6 Å². The van der Waals surface area contributed by atoms with Gasteiger partial charge in [0.1, 0.15) is 0 Å². The molecular weight excluding hydrogens is 440 g/mol. The molecule has 1 fully saturated rings. The summed E-state index contributed by atoms with van der Waals surface area (Å²) >= 11 is 0. The van der Waals surface area contributed by atoms with Crippen LogP contribution in [0.1, 0.15) is 59.1 Å². The van der Waals surface area contributed by atoms with E-state index in [2.05, 4.69) is 94.7 Å². The lowest BCUT2D eigenvalue weighted by atomic mass is 9.86. The highest BCUT2D eigenvalue weighted by molar-refractivity contribution is 5.94. The first-order valence-electron chi connectivity index (χ1n) is 13.4. The maximum absolute atomic E-state index is 12.9. The molecule has 6 rings (SSSR count). The minimum Gasteiger partial charge on any atom is -0.338 e. The number of carbonyl (C=O) groups excluding carboxylic acids is 1. The third kappa shape index (κ3) is 4.68. The Balaban J connectivity index is 1.08. The van der Waals surface area contributed by atoms with Gasteiger partial charge in [-0.05, 0) is 71.2 Å². The predicted octanol–water partition coefficient (Wildman–Crippen LogP) is 6.43. The Morgan fingerprint density at radius 2 is 1.31 bits per heavy atom. The van der Waals surface area contributed by atoms with Gasteiger partial charge in [0.2, 0.25) is 5.91 Å². The van der Waals surface area contributed by atoms with E-state index in [-0.39, 0.29) is 0 Å². The van der Waals surface area contributed by atoms with Crippen LogP contribution in [0.4, 0.5) is 0 Å². The van der Waals surface area contributed by atoms with E-state index < -0.39 is 0 Å². The first-order valence-corrected chi connectivity index (χ1v) is 13.4. The molecule has 0 unspecified atom stereocenters. The smallest absolute Gasteiger partial charge is 0.222 e. The second-order valence-corrected chi connectivity index (χ2v) is 10.3. The Hall–Kier alpha value is -3.43. The van der Waals surface area contributed by atoms with Crippen LogP contribution in [0, 0.1) is 0 Å². The molecule has 0 bridgehead atoms. The first-order chi connectivity index (χ1) is 17.8. The number of nitrogens with zero attached hydrogens (tertiary/aromatic N) is 2. The van der Waals surface area contributed by atoms with Crippen molar-refractivity contribution in [1.82, 2.24) is 9.80 Å². The molecule has 36 heavy (non-hydrogen) atoms. The summed E-state index contributed by atoms with van der Waals surface area (Å²) in [5.74, 6) is 0.309. The molecule has 0 atom stereocenters. The summed E-state index contributed by atoms with van der Waals surface area (Å²) in [7, 11) is 0. The Bertz CT molecular complexity index is 1270. The zero-order valence-electron chi connectivity index (χ0n) is 21.0. The minimum absolute atomic E-state index is 0.309. The number of hydrogen-bond donors (Lipinski definition) is 0. The maximum atomic E-state index is 12.9. The molecule has 0 aromatic heterocycles. The van der Waals surface area contributed by atoms with Crippen molar-refractivity contribution in [2.24, 2.45) is 0 Å². The highest BCUT2D eigenvalue weighted by Gasteiger charge is 2.23. The van der Waals surface area contributed by atoms with Gasteiger partial charge in [0.15, 0.2) is 0 Å². The normalized spacial score (nSPS) is 17.3. The van der Waals surface area contributed by atoms with Crippen LogP contribution >= 0.6 is 0 Å². The molecule has 3 aliphatic rings. The van der Waals surface area contributed by atoms with Gasteiger partial charge in [-0.15, -0.1) is 0 Å². The average molecular weight is 475 g/mol. The summed E-state index contributed by atoms with van der Waals surface area (Å²) in [6, 6.07) is 26.1. The topological polar surface area (TPSA) is 23.6 Å². The van der Waals surface area contributed by atoms with Crippen molar-refractivity contribution in [2.75, 3.05) is 26.2 Å². The Morgan fingerprint density at radius 1 is 0.694 bits per heavy atom. The highest BCUT2D eigenvalue weighted by atomic mass is 16.2. The molecule has 3 heteroatoms. The fraction of sp³-hybridized carbons (Fsp3) is 0.303. The van der Waals surface area contributed by atoms with Crippen molar-refractivity contribution >= 4 is 23.6 Å². The van der Waals surface area contributed by atoms with Gasteiger partial charge in [-0.1, -0.05) is 90.5 Å². The van der Waals surface area contributed by atoms with Crippen molar-refractivity contribution in [2.45, 2.75) is 38.6 Å². The largest absolute Gasteiger partial charge is 0.338 e. The van der Waals surface area contributed by atoms with Crippen LogP contribution in [0.15, 0.2) is 78.4 Å². The number of amides is 1. The predicted molar refractivity (Wildman–Crippen MR) is 148 cm³/mol. The number of hydrogen-bond acceptors (Lipinski definition) is 2. The van der Waals surface area contributed by atoms with Crippen molar-refractivity contribution in [3.8, 4) is 0 Å². The van der Waals surface area contributed by atoms with Crippen LogP contribution in [0.2, 0.25) is 0 Å². The van der Waals surface area contributed by atoms with Crippen LogP contribution in [0.25, 0.3) is 17.7 Å². The van der Waals surface area contributed by atoms with Gasteiger partial charge in [0.05, 0.1) is 0 Å². The van der Waals surface area contributed by atoms with Crippen molar-refractivity contribution in [3.05, 3.63) is 112 Å². The molecule has 182 valence electrons. The van der Waals surface area contributed by atoms with Crippen LogP contribution in [-0.2, 0) is 17.8 Å². The second-order valence-electron chi connectivity index (χ2n) is 10.3. The van der Waals surface area contributed by atoms with Crippen LogP contribution in [-0.4, -0.2) is 41.9 Å². The SMILES string of the molecule is O=C(CCCN1CCC(=C2c3ccccc3C=Cc3ccccc32)CC1)N1CCc2ccccc2C1. The number of likely N-dealkylation sites (tertiary alicyclic amines) is 1. The fourth-order valence-corrected chi connectivity index (χ4v) is 6.06. The lowest BCUT2D eigenvalue weighted by Crippen LogP contribution is -2.37. The van der Waals surface area contributed by atoms with Crippen molar-refractivity contribution < 1.29 is 4.79 Å². The third-order valence-electron chi connectivity index (χ3n) is 8.06. The van der Waals surface area contributed by atoms with E-state index in [1.807, 2.05) is 0 Å². The molecule has 1 saturated heterocycles. The molecule has 1 amide bonds. The van der Waals surface area contributed by atoms with Gasteiger partial charge in [-0.3, -0.25) is 4.79 Å². The lowest BCUT2D eigenvalue weighted by molar-refractivity contribution is -0.132. The fourth-order valence-electron chi connectivity index (χ4n) is 6.06. The van der Waals surface area contributed by atoms with Crippen LogP contribution in [0.5, 0.6) is 0 Å². The Kier molecular flexibility index (Phi) is 6.57. The molecule has 1 aliphatic carbocycles. The molecule has 3 aromatic carbocycles. The second kappa shape index (κ2) is 10.3. The van der Waals surface area contributed by atoms with Gasteiger partial charge < -0.3 is 9.80 Å². The minimum atomic E-state index is 0.309. The molecule has 0 N–H and O–H groups in total. The lowest BCUT2D eigenvalue weighted by Gasteiger charge is -2.31. The average Bonchev–Trinajstić information content (AvgIpc) is 3.10. The van der Waals surface area contributed by atoms with Crippen LogP contribution < -0.4 is 0 Å². The molecule has 0 saturated carbocycles. The molecule has 2 heterocycles. The maximum Gasteiger partial charge on any atom is 0.222 e. The number of piperidine rings is 1. The summed E-state index contributed by atoms with van der Waals surface area (Å²) < 4.78 is 0. The standard InChI is InChI=1S/C33H34N2O/c36-32(35-23-19-25-8-1-2-11-29(25)24-35)14-7-20-34-21-17-28(18-22-34)33-30-12-5-3-9-26(30)15-16-27-10-4-6-13-31(27)33/h1-6,8-13,15-16H,7,14,17-24H2. The molecule has 0 radical (unpaired) electrons. The van der Waals surface area contributed by atoms with E-state index in [4.69, 9.17) is 0 Å². The molecule has 3 nitrogen and oxygen atoms in total. The van der Waals surface area contributed by atoms with E-state index in [0.29, 0.717) is 12.3 Å². The highest BCUT2D eigenvalue weighted by Crippen LogP contribution is 2.38. The summed E-state index contributed by atoms with van der Waals surface area (Å²) in [6.07, 6.45) is 9.28. The van der Waals surface area contributed by atoms with E-state index in [1.54, 1.807) is 5.57 Å². The van der Waals surface area contributed by atoms with E-state index >= 15 is 0 Å². The van der Waals surface area contributed by atoms with Gasteiger partial charge in [0.25, 0.3) is 0 Å². The molecular formula is C33H34N2O. The zero-order valence-corrected chi connectivity index (χ0v) is 21.0. The Labute approximate surface area is 214 Å². The number of carbonyl (C=O) groups is 1. The van der Waals surface area contributed by atoms with Gasteiger partial charge in [-0.2, -0.15) is 0 Å². The summed E-state index contributed by atoms with van der Waals surface area (Å²) in [4.78, 5) is 17.5. The van der Waals surface area contributed by atoms with E-state index in [1.165, 1.54) is 39.0 Å². The van der Waals surface area contributed by atoms with E-state index in [0.717, 1.165) is 58.4 Å². The van der Waals surface area contributed by atoms with Crippen molar-refractivity contribution in [3.63, 3.8) is 0 Å². The zero-order chi connectivity index (χ0) is 24.3. The van der Waals surface area contributed by atoms with Crippen LogP contribution in [0.3, 0.4) is 0 Å². The first kappa shape index (κ1) is 23.0. The number of rotatable bonds is 4. The number of benzene rings is 3.